The molecule has 1 aliphatic heterocycles. The zero-order valence-corrected chi connectivity index (χ0v) is 10.6. The highest BCUT2D eigenvalue weighted by Crippen LogP contribution is 2.36. The molecule has 0 amide bonds. The van der Waals surface area contributed by atoms with Crippen LogP contribution in [0, 0.1) is 0 Å². The van der Waals surface area contributed by atoms with Crippen LogP contribution in [0.15, 0.2) is 16.3 Å². The molecule has 1 aromatic heterocycles. The second-order valence-corrected chi connectivity index (χ2v) is 6.99. The Hall–Kier alpha value is 0.300. The molecule has 2 heterocycles. The van der Waals surface area contributed by atoms with E-state index in [1.54, 1.807) is 11.3 Å². The maximum absolute atomic E-state index is 5.90. The second kappa shape index (κ2) is 4.88. The molecule has 0 aliphatic carbocycles. The first-order valence-electron chi connectivity index (χ1n) is 4.84. The van der Waals surface area contributed by atoms with Gasteiger partial charge in [-0.3, -0.25) is 0 Å². The molecule has 0 spiro atoms. The maximum atomic E-state index is 5.90. The van der Waals surface area contributed by atoms with Gasteiger partial charge in [-0.2, -0.15) is 0 Å². The Kier molecular flexibility index (Phi) is 3.77. The van der Waals surface area contributed by atoms with E-state index < -0.39 is 0 Å². The molecular weight excluding hydrogens is 234 g/mol. The summed E-state index contributed by atoms with van der Waals surface area (Å²) in [7, 11) is 2.20. The molecule has 0 unspecified atom stereocenters. The summed E-state index contributed by atoms with van der Waals surface area (Å²) in [6.07, 6.45) is 2.60. The Bertz CT molecular complexity index is 292. The van der Waals surface area contributed by atoms with Crippen LogP contribution in [-0.2, 0) is 0 Å². The summed E-state index contributed by atoms with van der Waals surface area (Å²) in [4.78, 5) is 2.40. The predicted molar refractivity (Wildman–Crippen MR) is 65.7 cm³/mol. The summed E-state index contributed by atoms with van der Waals surface area (Å²) >= 11 is 9.59. The average Bonchev–Trinajstić information content (AvgIpc) is 2.56. The number of hydrogen-bond acceptors (Lipinski definition) is 3. The number of halogens is 1. The highest BCUT2D eigenvalue weighted by molar-refractivity contribution is 8.01. The van der Waals surface area contributed by atoms with Gasteiger partial charge < -0.3 is 4.90 Å². The number of likely N-dealkylation sites (tertiary alicyclic amines) is 1. The Morgan fingerprint density at radius 3 is 2.71 bits per heavy atom. The lowest BCUT2D eigenvalue weighted by atomic mass is 10.1. The smallest absolute Gasteiger partial charge is 0.0940 e. The lowest BCUT2D eigenvalue weighted by molar-refractivity contribution is 0.282. The lowest BCUT2D eigenvalue weighted by Crippen LogP contribution is -2.31. The topological polar surface area (TPSA) is 3.24 Å². The SMILES string of the molecule is CN1CCC(Sc2ccc(Cl)s2)CC1. The van der Waals surface area contributed by atoms with Crippen molar-refractivity contribution < 1.29 is 0 Å². The van der Waals surface area contributed by atoms with Crippen molar-refractivity contribution in [2.45, 2.75) is 22.3 Å². The Labute approximate surface area is 98.4 Å². The van der Waals surface area contributed by atoms with Crippen LogP contribution in [0.2, 0.25) is 4.34 Å². The van der Waals surface area contributed by atoms with Gasteiger partial charge in [-0.05, 0) is 45.1 Å². The predicted octanol–water partition coefficient (Wildman–Crippen LogP) is 3.59. The van der Waals surface area contributed by atoms with Gasteiger partial charge in [-0.25, -0.2) is 0 Å². The Morgan fingerprint density at radius 2 is 2.14 bits per heavy atom. The van der Waals surface area contributed by atoms with Crippen molar-refractivity contribution >= 4 is 34.7 Å². The van der Waals surface area contributed by atoms with Crippen LogP contribution in [0.5, 0.6) is 0 Å². The fourth-order valence-corrected chi connectivity index (χ4v) is 4.33. The van der Waals surface area contributed by atoms with Crippen LogP contribution < -0.4 is 0 Å². The van der Waals surface area contributed by atoms with E-state index in [0.29, 0.717) is 0 Å². The monoisotopic (exact) mass is 247 g/mol. The summed E-state index contributed by atoms with van der Waals surface area (Å²) in [6, 6.07) is 4.12. The van der Waals surface area contributed by atoms with Gasteiger partial charge in [0.05, 0.1) is 8.55 Å². The van der Waals surface area contributed by atoms with Gasteiger partial charge in [0.2, 0.25) is 0 Å². The van der Waals surface area contributed by atoms with Gasteiger partial charge in [0.25, 0.3) is 0 Å². The van der Waals surface area contributed by atoms with E-state index in [-0.39, 0.29) is 0 Å². The van der Waals surface area contributed by atoms with Gasteiger partial charge in [0.1, 0.15) is 0 Å². The van der Waals surface area contributed by atoms with E-state index in [0.717, 1.165) is 9.59 Å². The molecule has 0 aromatic carbocycles. The first kappa shape index (κ1) is 10.8. The Balaban J connectivity index is 1.86. The molecule has 1 saturated heterocycles. The minimum atomic E-state index is 0.793. The van der Waals surface area contributed by atoms with E-state index in [4.69, 9.17) is 11.6 Å². The van der Waals surface area contributed by atoms with Gasteiger partial charge in [0, 0.05) is 5.25 Å². The molecule has 1 aromatic rings. The molecule has 4 heteroatoms. The van der Waals surface area contributed by atoms with E-state index in [2.05, 4.69) is 18.0 Å². The largest absolute Gasteiger partial charge is 0.306 e. The van der Waals surface area contributed by atoms with Gasteiger partial charge >= 0.3 is 0 Å². The standard InChI is InChI=1S/C10H14ClNS2/c1-12-6-4-8(5-7-12)13-10-3-2-9(11)14-10/h2-3,8H,4-7H2,1H3. The Morgan fingerprint density at radius 1 is 1.43 bits per heavy atom. The minimum absolute atomic E-state index is 0.793. The van der Waals surface area contributed by atoms with Crippen LogP contribution in [0.1, 0.15) is 12.8 Å². The molecule has 1 aliphatic rings. The molecule has 0 atom stereocenters. The third-order valence-electron chi connectivity index (χ3n) is 2.50. The van der Waals surface area contributed by atoms with Crippen molar-refractivity contribution in [3.63, 3.8) is 0 Å². The van der Waals surface area contributed by atoms with Crippen molar-refractivity contribution in [1.29, 1.82) is 0 Å². The van der Waals surface area contributed by atoms with E-state index in [1.807, 2.05) is 17.8 Å². The van der Waals surface area contributed by atoms with Crippen LogP contribution >= 0.6 is 34.7 Å². The van der Waals surface area contributed by atoms with Crippen molar-refractivity contribution in [3.8, 4) is 0 Å². The first-order chi connectivity index (χ1) is 6.74. The quantitative estimate of drug-likeness (QED) is 0.786. The van der Waals surface area contributed by atoms with Crippen LogP contribution in [0.3, 0.4) is 0 Å². The summed E-state index contributed by atoms with van der Waals surface area (Å²) < 4.78 is 2.27. The molecule has 0 saturated carbocycles. The molecule has 0 N–H and O–H groups in total. The van der Waals surface area contributed by atoms with Gasteiger partial charge in [-0.1, -0.05) is 11.6 Å². The molecule has 1 fully saturated rings. The summed E-state index contributed by atoms with van der Waals surface area (Å²) in [5.74, 6) is 0. The number of thiophene rings is 1. The number of thioether (sulfide) groups is 1. The molecule has 78 valence electrons. The minimum Gasteiger partial charge on any atom is -0.306 e. The number of hydrogen-bond donors (Lipinski definition) is 0. The molecule has 0 bridgehead atoms. The zero-order chi connectivity index (χ0) is 9.97. The highest BCUT2D eigenvalue weighted by Gasteiger charge is 2.17. The number of piperidine rings is 1. The molecule has 14 heavy (non-hydrogen) atoms. The summed E-state index contributed by atoms with van der Waals surface area (Å²) in [5, 5.41) is 0.793. The van der Waals surface area contributed by atoms with E-state index in [9.17, 15) is 0 Å². The van der Waals surface area contributed by atoms with Crippen LogP contribution in [-0.4, -0.2) is 30.3 Å². The third-order valence-corrected chi connectivity index (χ3v) is 5.23. The normalized spacial score (nSPS) is 20.1. The molecule has 0 radical (unpaired) electrons. The van der Waals surface area contributed by atoms with Crippen molar-refractivity contribution in [2.24, 2.45) is 0 Å². The lowest BCUT2D eigenvalue weighted by Gasteiger charge is -2.27. The molecule has 1 nitrogen and oxygen atoms in total. The molecular formula is C10H14ClNS2. The summed E-state index contributed by atoms with van der Waals surface area (Å²) in [5.41, 5.74) is 0. The third kappa shape index (κ3) is 2.89. The number of rotatable bonds is 2. The van der Waals surface area contributed by atoms with E-state index in [1.165, 1.54) is 30.1 Å². The van der Waals surface area contributed by atoms with Gasteiger partial charge in [0.15, 0.2) is 0 Å². The zero-order valence-electron chi connectivity index (χ0n) is 8.20. The van der Waals surface area contributed by atoms with Crippen LogP contribution in [0.25, 0.3) is 0 Å². The van der Waals surface area contributed by atoms with Crippen molar-refractivity contribution in [1.82, 2.24) is 4.90 Å². The van der Waals surface area contributed by atoms with E-state index >= 15 is 0 Å². The fourth-order valence-electron chi connectivity index (χ4n) is 1.63. The first-order valence-corrected chi connectivity index (χ1v) is 6.92. The van der Waals surface area contributed by atoms with Crippen molar-refractivity contribution in [2.75, 3.05) is 20.1 Å². The van der Waals surface area contributed by atoms with Crippen LogP contribution in [0.4, 0.5) is 0 Å². The maximum Gasteiger partial charge on any atom is 0.0940 e. The highest BCUT2D eigenvalue weighted by atomic mass is 35.5. The second-order valence-electron chi connectivity index (χ2n) is 3.68. The molecule has 2 rings (SSSR count). The number of nitrogens with zero attached hydrogens (tertiary/aromatic N) is 1. The average molecular weight is 248 g/mol. The van der Waals surface area contributed by atoms with Crippen molar-refractivity contribution in [3.05, 3.63) is 16.5 Å². The summed E-state index contributed by atoms with van der Waals surface area (Å²) in [6.45, 7) is 2.47. The van der Waals surface area contributed by atoms with Gasteiger partial charge in [-0.15, -0.1) is 23.1 Å². The fraction of sp³-hybridized carbons (Fsp3) is 0.600.